The lowest BCUT2D eigenvalue weighted by atomic mass is 9.90. The Morgan fingerprint density at radius 3 is 2.59 bits per heavy atom. The second kappa shape index (κ2) is 9.91. The molecule has 0 aliphatic heterocycles. The molecule has 0 aliphatic rings. The number of hydrogen-bond acceptors (Lipinski definition) is 4. The second-order valence-corrected chi connectivity index (χ2v) is 8.31. The topological polar surface area (TPSA) is 93.2 Å². The maximum atomic E-state index is 12.9. The van der Waals surface area contributed by atoms with Crippen LogP contribution in [0.4, 0.5) is 4.79 Å². The monoisotopic (exact) mass is 461 g/mol. The van der Waals surface area contributed by atoms with Gasteiger partial charge in [0.1, 0.15) is 0 Å². The Bertz CT molecular complexity index is 1290. The fourth-order valence-corrected chi connectivity index (χ4v) is 4.42. The number of carbonyl (C=O) groups excluding carboxylic acids is 1. The van der Waals surface area contributed by atoms with Crippen molar-refractivity contribution in [3.8, 4) is 11.5 Å². The van der Waals surface area contributed by atoms with Crippen LogP contribution in [0.5, 0.6) is 11.5 Å². The van der Waals surface area contributed by atoms with E-state index in [1.54, 1.807) is 25.1 Å². The van der Waals surface area contributed by atoms with E-state index < -0.39 is 0 Å². The summed E-state index contributed by atoms with van der Waals surface area (Å²) >= 11 is 0. The SMILES string of the molecule is COc1cccc(C(CNC(=O)NC(C)c2cnn(C)c2C)c2c[nH]c3ccccc23)c1OC. The molecule has 2 heterocycles. The van der Waals surface area contributed by atoms with Crippen LogP contribution in [0.15, 0.2) is 54.9 Å². The molecule has 3 N–H and O–H groups in total. The second-order valence-electron chi connectivity index (χ2n) is 8.31. The van der Waals surface area contributed by atoms with Crippen LogP contribution < -0.4 is 20.1 Å². The average molecular weight is 462 g/mol. The van der Waals surface area contributed by atoms with E-state index >= 15 is 0 Å². The van der Waals surface area contributed by atoms with Gasteiger partial charge in [0.05, 0.1) is 26.5 Å². The Balaban J connectivity index is 1.62. The normalized spacial score (nSPS) is 12.9. The number of ether oxygens (including phenoxy) is 2. The Morgan fingerprint density at radius 2 is 1.88 bits per heavy atom. The quantitative estimate of drug-likeness (QED) is 0.362. The molecule has 2 aromatic carbocycles. The third-order valence-corrected chi connectivity index (χ3v) is 6.36. The molecule has 2 aromatic heterocycles. The molecule has 0 spiro atoms. The molecule has 0 saturated heterocycles. The summed E-state index contributed by atoms with van der Waals surface area (Å²) in [5.74, 6) is 1.14. The van der Waals surface area contributed by atoms with Gasteiger partial charge in [0.15, 0.2) is 11.5 Å². The molecule has 0 radical (unpaired) electrons. The van der Waals surface area contributed by atoms with E-state index in [-0.39, 0.29) is 18.0 Å². The van der Waals surface area contributed by atoms with Gasteiger partial charge in [-0.25, -0.2) is 4.79 Å². The highest BCUT2D eigenvalue weighted by Crippen LogP contribution is 2.40. The Morgan fingerprint density at radius 1 is 1.09 bits per heavy atom. The molecule has 4 rings (SSSR count). The van der Waals surface area contributed by atoms with E-state index in [2.05, 4.69) is 26.8 Å². The zero-order chi connectivity index (χ0) is 24.2. The van der Waals surface area contributed by atoms with Crippen LogP contribution in [0.2, 0.25) is 0 Å². The lowest BCUT2D eigenvalue weighted by Crippen LogP contribution is -2.39. The van der Waals surface area contributed by atoms with Crippen molar-refractivity contribution in [2.45, 2.75) is 25.8 Å². The van der Waals surface area contributed by atoms with E-state index in [1.165, 1.54) is 0 Å². The largest absolute Gasteiger partial charge is 0.493 e. The molecule has 0 bridgehead atoms. The lowest BCUT2D eigenvalue weighted by molar-refractivity contribution is 0.237. The van der Waals surface area contributed by atoms with Crippen molar-refractivity contribution in [3.05, 3.63) is 77.2 Å². The van der Waals surface area contributed by atoms with Crippen molar-refractivity contribution < 1.29 is 14.3 Å². The number of carbonyl (C=O) groups is 1. The first kappa shape index (κ1) is 23.2. The predicted octanol–water partition coefficient (Wildman–Crippen LogP) is 4.42. The van der Waals surface area contributed by atoms with Crippen LogP contribution in [-0.2, 0) is 7.05 Å². The molecule has 178 valence electrons. The van der Waals surface area contributed by atoms with Crippen molar-refractivity contribution >= 4 is 16.9 Å². The number of nitrogens with zero attached hydrogens (tertiary/aromatic N) is 2. The molecule has 0 fully saturated rings. The minimum Gasteiger partial charge on any atom is -0.493 e. The molecule has 2 unspecified atom stereocenters. The summed E-state index contributed by atoms with van der Waals surface area (Å²) in [4.78, 5) is 16.2. The summed E-state index contributed by atoms with van der Waals surface area (Å²) in [7, 11) is 5.14. The van der Waals surface area contributed by atoms with Gasteiger partial charge in [0, 0.05) is 53.4 Å². The summed E-state index contributed by atoms with van der Waals surface area (Å²) < 4.78 is 13.1. The smallest absolute Gasteiger partial charge is 0.315 e. The number of fused-ring (bicyclic) bond motifs is 1. The fraction of sp³-hybridized carbons (Fsp3) is 0.308. The molecule has 4 aromatic rings. The van der Waals surface area contributed by atoms with E-state index in [4.69, 9.17) is 9.47 Å². The molecule has 0 aliphatic carbocycles. The number of hydrogen-bond donors (Lipinski definition) is 3. The highest BCUT2D eigenvalue weighted by Gasteiger charge is 2.24. The molecule has 34 heavy (non-hydrogen) atoms. The molecule has 0 saturated carbocycles. The number of urea groups is 1. The van der Waals surface area contributed by atoms with Gasteiger partial charge in [0.2, 0.25) is 0 Å². The first-order valence-electron chi connectivity index (χ1n) is 11.2. The summed E-state index contributed by atoms with van der Waals surface area (Å²) in [5, 5.41) is 11.5. The number of aromatic nitrogens is 3. The summed E-state index contributed by atoms with van der Waals surface area (Å²) in [6, 6.07) is 13.5. The fourth-order valence-electron chi connectivity index (χ4n) is 4.42. The number of rotatable bonds is 8. The molecule has 8 nitrogen and oxygen atoms in total. The van der Waals surface area contributed by atoms with Crippen LogP contribution in [-0.4, -0.2) is 41.6 Å². The van der Waals surface area contributed by atoms with Crippen LogP contribution >= 0.6 is 0 Å². The summed E-state index contributed by atoms with van der Waals surface area (Å²) in [5.41, 5.74) is 5.04. The van der Waals surface area contributed by atoms with Crippen LogP contribution in [0.1, 0.15) is 41.3 Å². The average Bonchev–Trinajstić information content (AvgIpc) is 3.42. The highest BCUT2D eigenvalue weighted by atomic mass is 16.5. The predicted molar refractivity (Wildman–Crippen MR) is 133 cm³/mol. The van der Waals surface area contributed by atoms with Gasteiger partial charge in [-0.3, -0.25) is 4.68 Å². The van der Waals surface area contributed by atoms with E-state index in [0.717, 1.165) is 33.3 Å². The van der Waals surface area contributed by atoms with Gasteiger partial charge in [-0.15, -0.1) is 0 Å². The maximum Gasteiger partial charge on any atom is 0.315 e. The van der Waals surface area contributed by atoms with Crippen molar-refractivity contribution in [3.63, 3.8) is 0 Å². The zero-order valence-corrected chi connectivity index (χ0v) is 20.2. The maximum absolute atomic E-state index is 12.9. The molecule has 8 heteroatoms. The molecule has 2 amide bonds. The number of aromatic amines is 1. The first-order valence-corrected chi connectivity index (χ1v) is 11.2. The minimum atomic E-state index is -0.248. The number of methoxy groups -OCH3 is 2. The summed E-state index contributed by atoms with van der Waals surface area (Å²) in [6.45, 7) is 4.31. The standard InChI is InChI=1S/C26H31N5O3/c1-16(20-15-29-31(3)17(20)2)30-26(32)28-14-22(19-10-8-12-24(33-4)25(19)34-5)21-13-27-23-11-7-6-9-18(21)23/h6-13,15-16,22,27H,14H2,1-5H3,(H2,28,30,32). The van der Waals surface area contributed by atoms with Gasteiger partial charge in [0.25, 0.3) is 0 Å². The van der Waals surface area contributed by atoms with Crippen molar-refractivity contribution in [1.82, 2.24) is 25.4 Å². The Kier molecular flexibility index (Phi) is 6.77. The van der Waals surface area contributed by atoms with Gasteiger partial charge >= 0.3 is 6.03 Å². The Hall–Kier alpha value is -3.94. The van der Waals surface area contributed by atoms with Crippen LogP contribution in [0, 0.1) is 6.92 Å². The van der Waals surface area contributed by atoms with Crippen molar-refractivity contribution in [2.75, 3.05) is 20.8 Å². The number of benzene rings is 2. The number of aryl methyl sites for hydroxylation is 1. The third-order valence-electron chi connectivity index (χ3n) is 6.36. The number of H-pyrrole nitrogens is 1. The van der Waals surface area contributed by atoms with Gasteiger partial charge in [-0.2, -0.15) is 5.10 Å². The van der Waals surface area contributed by atoms with Crippen LogP contribution in [0.25, 0.3) is 10.9 Å². The lowest BCUT2D eigenvalue weighted by Gasteiger charge is -2.22. The van der Waals surface area contributed by atoms with Crippen molar-refractivity contribution in [1.29, 1.82) is 0 Å². The third kappa shape index (κ3) is 4.44. The Labute approximate surface area is 199 Å². The van der Waals surface area contributed by atoms with Crippen molar-refractivity contribution in [2.24, 2.45) is 7.05 Å². The van der Waals surface area contributed by atoms with Gasteiger partial charge in [-0.05, 0) is 31.5 Å². The minimum absolute atomic E-state index is 0.164. The molecular weight excluding hydrogens is 430 g/mol. The zero-order valence-electron chi connectivity index (χ0n) is 20.2. The highest BCUT2D eigenvalue weighted by molar-refractivity contribution is 5.84. The number of nitrogens with one attached hydrogen (secondary N) is 3. The van der Waals surface area contributed by atoms with Crippen LogP contribution in [0.3, 0.4) is 0 Å². The van der Waals surface area contributed by atoms with Gasteiger partial charge < -0.3 is 25.1 Å². The van der Waals surface area contributed by atoms with E-state index in [0.29, 0.717) is 18.0 Å². The first-order chi connectivity index (χ1) is 16.4. The molecule has 2 atom stereocenters. The number of amides is 2. The molecular formula is C26H31N5O3. The van der Waals surface area contributed by atoms with E-state index in [9.17, 15) is 4.79 Å². The van der Waals surface area contributed by atoms with E-state index in [1.807, 2.05) is 63.5 Å². The number of para-hydroxylation sites is 2. The van der Waals surface area contributed by atoms with Gasteiger partial charge in [-0.1, -0.05) is 30.3 Å². The summed E-state index contributed by atoms with van der Waals surface area (Å²) in [6.07, 6.45) is 3.78.